The van der Waals surface area contributed by atoms with Crippen LogP contribution >= 0.6 is 0 Å². The number of aromatic carboxylic acids is 1. The molecule has 19 heavy (non-hydrogen) atoms. The smallest absolute Gasteiger partial charge is 0.339 e. The Morgan fingerprint density at radius 2 is 1.84 bits per heavy atom. The van der Waals surface area contributed by atoms with Gasteiger partial charge in [0.05, 0.1) is 0 Å². The van der Waals surface area contributed by atoms with Gasteiger partial charge < -0.3 is 15.5 Å². The molecule has 0 atom stereocenters. The minimum absolute atomic E-state index is 0.163. The maximum atomic E-state index is 12.7. The summed E-state index contributed by atoms with van der Waals surface area (Å²) in [5.74, 6) is -1.77. The van der Waals surface area contributed by atoms with Crippen LogP contribution in [-0.2, 0) is 6.54 Å². The molecular weight excluding hydrogens is 249 g/mol. The maximum Gasteiger partial charge on any atom is 0.339 e. The number of hydrogen-bond acceptors (Lipinski definition) is 3. The van der Waals surface area contributed by atoms with Crippen molar-refractivity contribution in [2.45, 2.75) is 6.54 Å². The van der Waals surface area contributed by atoms with Gasteiger partial charge in [-0.25, -0.2) is 9.18 Å². The third-order valence-electron chi connectivity index (χ3n) is 2.64. The molecule has 0 radical (unpaired) electrons. The van der Waals surface area contributed by atoms with E-state index in [4.69, 9.17) is 5.11 Å². The van der Waals surface area contributed by atoms with Crippen LogP contribution in [0.15, 0.2) is 42.5 Å². The van der Waals surface area contributed by atoms with Gasteiger partial charge in [-0.2, -0.15) is 0 Å². The highest BCUT2D eigenvalue weighted by molar-refractivity contribution is 5.91. The molecule has 5 heteroatoms. The van der Waals surface area contributed by atoms with Crippen LogP contribution in [0.1, 0.15) is 15.9 Å². The Morgan fingerprint density at radius 1 is 1.16 bits per heavy atom. The van der Waals surface area contributed by atoms with E-state index in [-0.39, 0.29) is 17.1 Å². The number of aromatic hydroxyl groups is 1. The predicted octanol–water partition coefficient (Wildman–Crippen LogP) is 2.84. The van der Waals surface area contributed by atoms with Crippen LogP contribution in [0.2, 0.25) is 0 Å². The van der Waals surface area contributed by atoms with E-state index in [1.54, 1.807) is 18.2 Å². The Labute approximate surface area is 109 Å². The highest BCUT2D eigenvalue weighted by Gasteiger charge is 2.09. The summed E-state index contributed by atoms with van der Waals surface area (Å²) in [6.45, 7) is 0.435. The molecule has 4 nitrogen and oxygen atoms in total. The first-order chi connectivity index (χ1) is 9.06. The van der Waals surface area contributed by atoms with Gasteiger partial charge in [-0.15, -0.1) is 0 Å². The molecule has 0 unspecified atom stereocenters. The molecule has 2 aromatic carbocycles. The third-order valence-corrected chi connectivity index (χ3v) is 2.64. The Hall–Kier alpha value is -2.56. The van der Waals surface area contributed by atoms with E-state index in [1.165, 1.54) is 24.3 Å². The number of rotatable bonds is 4. The molecule has 98 valence electrons. The largest absolute Gasteiger partial charge is 0.507 e. The molecule has 2 rings (SSSR count). The standard InChI is InChI=1S/C14H12FNO3/c15-10-3-1-9(2-4-10)8-16-11-5-6-13(17)12(7-11)14(18)19/h1-7,16-17H,8H2,(H,18,19). The van der Waals surface area contributed by atoms with Gasteiger partial charge in [0.1, 0.15) is 17.1 Å². The van der Waals surface area contributed by atoms with Crippen molar-refractivity contribution in [1.29, 1.82) is 0 Å². The number of phenols is 1. The van der Waals surface area contributed by atoms with Crippen molar-refractivity contribution >= 4 is 11.7 Å². The number of nitrogens with one attached hydrogen (secondary N) is 1. The summed E-state index contributed by atoms with van der Waals surface area (Å²) in [5.41, 5.74) is 1.27. The predicted molar refractivity (Wildman–Crippen MR) is 68.8 cm³/mol. The van der Waals surface area contributed by atoms with Crippen molar-refractivity contribution in [2.75, 3.05) is 5.32 Å². The van der Waals surface area contributed by atoms with Crippen molar-refractivity contribution in [2.24, 2.45) is 0 Å². The van der Waals surface area contributed by atoms with Gasteiger partial charge >= 0.3 is 5.97 Å². The molecule has 0 aliphatic carbocycles. The van der Waals surface area contributed by atoms with Crippen LogP contribution in [-0.4, -0.2) is 16.2 Å². The lowest BCUT2D eigenvalue weighted by molar-refractivity contribution is 0.0694. The molecule has 0 amide bonds. The molecule has 0 aliphatic heterocycles. The van der Waals surface area contributed by atoms with Crippen molar-refractivity contribution in [3.05, 3.63) is 59.4 Å². The zero-order valence-electron chi connectivity index (χ0n) is 9.93. The average Bonchev–Trinajstić information content (AvgIpc) is 2.39. The second kappa shape index (κ2) is 5.39. The van der Waals surface area contributed by atoms with Crippen LogP contribution in [0.4, 0.5) is 10.1 Å². The molecule has 0 spiro atoms. The number of hydrogen-bond donors (Lipinski definition) is 3. The lowest BCUT2D eigenvalue weighted by Crippen LogP contribution is -2.02. The van der Waals surface area contributed by atoms with Crippen LogP contribution in [0.25, 0.3) is 0 Å². The van der Waals surface area contributed by atoms with E-state index in [2.05, 4.69) is 5.32 Å². The molecule has 0 aliphatic rings. The summed E-state index contributed by atoms with van der Waals surface area (Å²) < 4.78 is 12.7. The Balaban J connectivity index is 2.09. The summed E-state index contributed by atoms with van der Waals surface area (Å²) in [6.07, 6.45) is 0. The fourth-order valence-corrected chi connectivity index (χ4v) is 1.62. The normalized spacial score (nSPS) is 10.2. The number of halogens is 1. The summed E-state index contributed by atoms with van der Waals surface area (Å²) in [6, 6.07) is 10.2. The second-order valence-electron chi connectivity index (χ2n) is 4.02. The van der Waals surface area contributed by atoms with Crippen LogP contribution in [0.5, 0.6) is 5.75 Å². The molecule has 3 N–H and O–H groups in total. The molecular formula is C14H12FNO3. The van der Waals surface area contributed by atoms with Gasteiger partial charge in [-0.1, -0.05) is 12.1 Å². The Kier molecular flexibility index (Phi) is 3.66. The van der Waals surface area contributed by atoms with Crippen molar-refractivity contribution < 1.29 is 19.4 Å². The lowest BCUT2D eigenvalue weighted by Gasteiger charge is -2.08. The van der Waals surface area contributed by atoms with Crippen molar-refractivity contribution in [3.8, 4) is 5.75 Å². The molecule has 2 aromatic rings. The van der Waals surface area contributed by atoms with E-state index >= 15 is 0 Å². The van der Waals surface area contributed by atoms with Gasteiger partial charge in [0.2, 0.25) is 0 Å². The summed E-state index contributed by atoms with van der Waals surface area (Å²) in [7, 11) is 0. The minimum atomic E-state index is -1.19. The molecule has 0 aromatic heterocycles. The lowest BCUT2D eigenvalue weighted by atomic mass is 10.1. The number of benzene rings is 2. The molecule has 0 saturated heterocycles. The van der Waals surface area contributed by atoms with E-state index in [1.807, 2.05) is 0 Å². The first kappa shape index (κ1) is 12.9. The first-order valence-electron chi connectivity index (χ1n) is 5.61. The number of carbonyl (C=O) groups is 1. The van der Waals surface area contributed by atoms with Crippen molar-refractivity contribution in [3.63, 3.8) is 0 Å². The molecule has 0 fully saturated rings. The van der Waals surface area contributed by atoms with Crippen molar-refractivity contribution in [1.82, 2.24) is 0 Å². The monoisotopic (exact) mass is 261 g/mol. The molecule has 0 saturated carbocycles. The average molecular weight is 261 g/mol. The minimum Gasteiger partial charge on any atom is -0.507 e. The van der Waals surface area contributed by atoms with Gasteiger partial charge in [-0.3, -0.25) is 0 Å². The second-order valence-corrected chi connectivity index (χ2v) is 4.02. The zero-order valence-corrected chi connectivity index (χ0v) is 9.93. The highest BCUT2D eigenvalue weighted by Crippen LogP contribution is 2.21. The maximum absolute atomic E-state index is 12.7. The van der Waals surface area contributed by atoms with Gasteiger partial charge in [0, 0.05) is 12.2 Å². The SMILES string of the molecule is O=C(O)c1cc(NCc2ccc(F)cc2)ccc1O. The van der Waals surface area contributed by atoms with E-state index in [9.17, 15) is 14.3 Å². The summed E-state index contributed by atoms with van der Waals surface area (Å²) in [5, 5.41) is 21.3. The third kappa shape index (κ3) is 3.22. The number of anilines is 1. The summed E-state index contributed by atoms with van der Waals surface area (Å²) in [4.78, 5) is 10.9. The Bertz CT molecular complexity index is 596. The highest BCUT2D eigenvalue weighted by atomic mass is 19.1. The first-order valence-corrected chi connectivity index (χ1v) is 5.61. The van der Waals surface area contributed by atoms with E-state index in [0.717, 1.165) is 5.56 Å². The molecule has 0 bridgehead atoms. The Morgan fingerprint density at radius 3 is 2.47 bits per heavy atom. The van der Waals surface area contributed by atoms with E-state index in [0.29, 0.717) is 12.2 Å². The van der Waals surface area contributed by atoms with Gasteiger partial charge in [-0.05, 0) is 35.9 Å². The van der Waals surface area contributed by atoms with Gasteiger partial charge in [0.25, 0.3) is 0 Å². The number of carboxylic acids is 1. The fourth-order valence-electron chi connectivity index (χ4n) is 1.62. The summed E-state index contributed by atoms with van der Waals surface area (Å²) >= 11 is 0. The van der Waals surface area contributed by atoms with Crippen LogP contribution in [0.3, 0.4) is 0 Å². The topological polar surface area (TPSA) is 69.6 Å². The quantitative estimate of drug-likeness (QED) is 0.740. The van der Waals surface area contributed by atoms with E-state index < -0.39 is 5.97 Å². The molecule has 0 heterocycles. The fraction of sp³-hybridized carbons (Fsp3) is 0.0714. The van der Waals surface area contributed by atoms with Crippen LogP contribution < -0.4 is 5.32 Å². The zero-order chi connectivity index (χ0) is 13.8. The number of carboxylic acid groups (broad SMARTS) is 1. The van der Waals surface area contributed by atoms with Crippen LogP contribution in [0, 0.1) is 5.82 Å². The van der Waals surface area contributed by atoms with Gasteiger partial charge in [0.15, 0.2) is 0 Å².